The van der Waals surface area contributed by atoms with Crippen LogP contribution >= 0.6 is 15.9 Å². The van der Waals surface area contributed by atoms with E-state index in [2.05, 4.69) is 61.8 Å². The molecule has 1 heteroatoms. The lowest BCUT2D eigenvalue weighted by molar-refractivity contribution is 0.622. The fourth-order valence-corrected chi connectivity index (χ4v) is 3.19. The Kier molecular flexibility index (Phi) is 6.26. The molecule has 0 amide bonds. The Morgan fingerprint density at radius 2 is 1.41 bits per heavy atom. The van der Waals surface area contributed by atoms with Crippen LogP contribution in [0.15, 0.2) is 22.7 Å². The summed E-state index contributed by atoms with van der Waals surface area (Å²) >= 11 is 3.71. The Morgan fingerprint density at radius 1 is 0.882 bits per heavy atom. The third kappa shape index (κ3) is 3.58. The van der Waals surface area contributed by atoms with Gasteiger partial charge in [-0.2, -0.15) is 0 Å². The molecule has 0 aliphatic rings. The standard InChI is InChI=1S/C16H25Br/c1-5-12(6-2)14-9-10-16(17)15(11-14)13(7-3)8-4/h9-13H,5-8H2,1-4H3. The van der Waals surface area contributed by atoms with Crippen LogP contribution in [0.2, 0.25) is 0 Å². The summed E-state index contributed by atoms with van der Waals surface area (Å²) < 4.78 is 1.28. The molecule has 96 valence electrons. The zero-order valence-corrected chi connectivity index (χ0v) is 13.2. The summed E-state index contributed by atoms with van der Waals surface area (Å²) in [4.78, 5) is 0. The average molecular weight is 297 g/mol. The lowest BCUT2D eigenvalue weighted by atomic mass is 9.88. The van der Waals surface area contributed by atoms with E-state index >= 15 is 0 Å². The van der Waals surface area contributed by atoms with E-state index < -0.39 is 0 Å². The highest BCUT2D eigenvalue weighted by Gasteiger charge is 2.14. The quantitative estimate of drug-likeness (QED) is 0.581. The fourth-order valence-electron chi connectivity index (χ4n) is 2.62. The molecule has 0 aliphatic heterocycles. The Bertz CT molecular complexity index is 335. The molecule has 0 heterocycles. The molecule has 0 saturated heterocycles. The van der Waals surface area contributed by atoms with Crippen molar-refractivity contribution in [2.24, 2.45) is 0 Å². The molecule has 0 atom stereocenters. The maximum Gasteiger partial charge on any atom is 0.0210 e. The lowest BCUT2D eigenvalue weighted by Crippen LogP contribution is -2.01. The van der Waals surface area contributed by atoms with Crippen LogP contribution in [-0.2, 0) is 0 Å². The second-order valence-corrected chi connectivity index (χ2v) is 5.66. The van der Waals surface area contributed by atoms with Gasteiger partial charge in [-0.3, -0.25) is 0 Å². The first-order valence-corrected chi connectivity index (χ1v) is 7.76. The molecule has 0 radical (unpaired) electrons. The zero-order chi connectivity index (χ0) is 12.8. The molecule has 0 saturated carbocycles. The predicted octanol–water partition coefficient (Wildman–Crippen LogP) is 6.26. The molecule has 0 aromatic heterocycles. The third-order valence-electron chi connectivity index (χ3n) is 3.90. The molecule has 17 heavy (non-hydrogen) atoms. The van der Waals surface area contributed by atoms with Crippen molar-refractivity contribution in [3.63, 3.8) is 0 Å². The number of hydrogen-bond acceptors (Lipinski definition) is 0. The van der Waals surface area contributed by atoms with Crippen LogP contribution in [-0.4, -0.2) is 0 Å². The summed E-state index contributed by atoms with van der Waals surface area (Å²) in [5.41, 5.74) is 3.01. The van der Waals surface area contributed by atoms with Gasteiger partial charge in [0, 0.05) is 4.47 Å². The van der Waals surface area contributed by atoms with Crippen molar-refractivity contribution in [3.05, 3.63) is 33.8 Å². The van der Waals surface area contributed by atoms with Gasteiger partial charge >= 0.3 is 0 Å². The van der Waals surface area contributed by atoms with E-state index in [9.17, 15) is 0 Å². The normalized spacial score (nSPS) is 11.5. The van der Waals surface area contributed by atoms with Gasteiger partial charge in [0.25, 0.3) is 0 Å². The van der Waals surface area contributed by atoms with Gasteiger partial charge in [-0.15, -0.1) is 0 Å². The van der Waals surface area contributed by atoms with Gasteiger partial charge in [-0.05, 0) is 54.7 Å². The van der Waals surface area contributed by atoms with Gasteiger partial charge in [-0.25, -0.2) is 0 Å². The highest BCUT2D eigenvalue weighted by Crippen LogP contribution is 2.33. The minimum atomic E-state index is 0.693. The van der Waals surface area contributed by atoms with E-state index in [1.165, 1.54) is 41.3 Å². The van der Waals surface area contributed by atoms with Crippen molar-refractivity contribution in [2.45, 2.75) is 65.2 Å². The second-order valence-electron chi connectivity index (χ2n) is 4.81. The van der Waals surface area contributed by atoms with E-state index in [1.807, 2.05) is 0 Å². The van der Waals surface area contributed by atoms with Gasteiger partial charge in [0.05, 0.1) is 0 Å². The molecule has 1 aromatic carbocycles. The first kappa shape index (κ1) is 14.8. The monoisotopic (exact) mass is 296 g/mol. The first-order chi connectivity index (χ1) is 8.17. The molecule has 0 spiro atoms. The van der Waals surface area contributed by atoms with Crippen LogP contribution < -0.4 is 0 Å². The minimum absolute atomic E-state index is 0.693. The second kappa shape index (κ2) is 7.20. The Labute approximate surface area is 115 Å². The Hall–Kier alpha value is -0.300. The van der Waals surface area contributed by atoms with Gasteiger partial charge in [0.1, 0.15) is 0 Å². The van der Waals surface area contributed by atoms with Crippen molar-refractivity contribution in [1.82, 2.24) is 0 Å². The molecule has 0 N–H and O–H groups in total. The third-order valence-corrected chi connectivity index (χ3v) is 4.62. The number of rotatable bonds is 6. The van der Waals surface area contributed by atoms with E-state index in [-0.39, 0.29) is 0 Å². The SMILES string of the molecule is CCC(CC)c1ccc(Br)c(C(CC)CC)c1. The summed E-state index contributed by atoms with van der Waals surface area (Å²) in [6.45, 7) is 9.13. The molecule has 1 aromatic rings. The molecular weight excluding hydrogens is 272 g/mol. The van der Waals surface area contributed by atoms with Crippen molar-refractivity contribution in [3.8, 4) is 0 Å². The molecule has 0 aliphatic carbocycles. The van der Waals surface area contributed by atoms with Crippen molar-refractivity contribution in [2.75, 3.05) is 0 Å². The van der Waals surface area contributed by atoms with Crippen LogP contribution in [0.5, 0.6) is 0 Å². The minimum Gasteiger partial charge on any atom is -0.0648 e. The summed E-state index contributed by atoms with van der Waals surface area (Å²) in [5.74, 6) is 1.41. The van der Waals surface area contributed by atoms with Crippen LogP contribution in [0, 0.1) is 0 Å². The highest BCUT2D eigenvalue weighted by atomic mass is 79.9. The molecule has 0 bridgehead atoms. The summed E-state index contributed by atoms with van der Waals surface area (Å²) in [6, 6.07) is 6.95. The molecule has 0 fully saturated rings. The van der Waals surface area contributed by atoms with Crippen molar-refractivity contribution < 1.29 is 0 Å². The molecule has 1 rings (SSSR count). The molecule has 0 unspecified atom stereocenters. The van der Waals surface area contributed by atoms with Gasteiger partial charge in [-0.1, -0.05) is 55.8 Å². The Morgan fingerprint density at radius 3 is 1.88 bits per heavy atom. The lowest BCUT2D eigenvalue weighted by Gasteiger charge is -2.19. The first-order valence-electron chi connectivity index (χ1n) is 6.97. The smallest absolute Gasteiger partial charge is 0.0210 e. The number of halogens is 1. The van der Waals surface area contributed by atoms with E-state index in [1.54, 1.807) is 0 Å². The maximum absolute atomic E-state index is 3.71. The molecular formula is C16H25Br. The van der Waals surface area contributed by atoms with Crippen LogP contribution in [0.3, 0.4) is 0 Å². The van der Waals surface area contributed by atoms with E-state index in [0.29, 0.717) is 5.92 Å². The van der Waals surface area contributed by atoms with Crippen LogP contribution in [0.4, 0.5) is 0 Å². The predicted molar refractivity (Wildman–Crippen MR) is 80.8 cm³/mol. The summed E-state index contributed by atoms with van der Waals surface area (Å²) in [5, 5.41) is 0. The van der Waals surface area contributed by atoms with Gasteiger partial charge in [0.2, 0.25) is 0 Å². The van der Waals surface area contributed by atoms with Gasteiger partial charge in [0.15, 0.2) is 0 Å². The van der Waals surface area contributed by atoms with E-state index in [4.69, 9.17) is 0 Å². The van der Waals surface area contributed by atoms with Crippen molar-refractivity contribution in [1.29, 1.82) is 0 Å². The Balaban J connectivity index is 3.09. The number of hydrogen-bond donors (Lipinski definition) is 0. The maximum atomic E-state index is 3.71. The van der Waals surface area contributed by atoms with Crippen LogP contribution in [0.1, 0.15) is 76.3 Å². The van der Waals surface area contributed by atoms with E-state index in [0.717, 1.165) is 5.92 Å². The average Bonchev–Trinajstić information content (AvgIpc) is 2.35. The highest BCUT2D eigenvalue weighted by molar-refractivity contribution is 9.10. The largest absolute Gasteiger partial charge is 0.0648 e. The topological polar surface area (TPSA) is 0 Å². The molecule has 0 nitrogen and oxygen atoms in total. The summed E-state index contributed by atoms with van der Waals surface area (Å²) in [6.07, 6.45) is 4.92. The van der Waals surface area contributed by atoms with Gasteiger partial charge < -0.3 is 0 Å². The van der Waals surface area contributed by atoms with Crippen LogP contribution in [0.25, 0.3) is 0 Å². The van der Waals surface area contributed by atoms with Crippen molar-refractivity contribution >= 4 is 15.9 Å². The summed E-state index contributed by atoms with van der Waals surface area (Å²) in [7, 11) is 0. The zero-order valence-electron chi connectivity index (χ0n) is 11.6. The number of benzene rings is 1. The fraction of sp³-hybridized carbons (Fsp3) is 0.625.